The van der Waals surface area contributed by atoms with Gasteiger partial charge in [0, 0.05) is 5.56 Å². The van der Waals surface area contributed by atoms with Crippen molar-refractivity contribution in [3.8, 4) is 5.75 Å². The quantitative estimate of drug-likeness (QED) is 0.712. The summed E-state index contributed by atoms with van der Waals surface area (Å²) in [5.41, 5.74) is 0.248. The zero-order chi connectivity index (χ0) is 9.14. The van der Waals surface area contributed by atoms with Crippen LogP contribution in [0.5, 0.6) is 5.75 Å². The van der Waals surface area contributed by atoms with E-state index in [0.29, 0.717) is 6.42 Å². The highest BCUT2D eigenvalue weighted by atomic mass is 19.1. The van der Waals surface area contributed by atoms with Crippen LogP contribution in [0.15, 0.2) is 18.2 Å². The maximum atomic E-state index is 12.6. The second-order valence-electron chi connectivity index (χ2n) is 2.63. The highest BCUT2D eigenvalue weighted by Crippen LogP contribution is 2.26. The van der Waals surface area contributed by atoms with Gasteiger partial charge in [0.15, 0.2) is 0 Å². The Morgan fingerprint density at radius 2 is 2.17 bits per heavy atom. The van der Waals surface area contributed by atoms with E-state index in [2.05, 4.69) is 0 Å². The smallest absolute Gasteiger partial charge is 0.123 e. The molecule has 0 spiro atoms. The number of phenolic OH excluding ortho intramolecular Hbond substituents is 1. The van der Waals surface area contributed by atoms with Crippen molar-refractivity contribution in [3.05, 3.63) is 29.6 Å². The fourth-order valence-electron chi connectivity index (χ4n) is 1.01. The first-order valence-electron chi connectivity index (χ1n) is 3.81. The third-order valence-electron chi connectivity index (χ3n) is 1.74. The Morgan fingerprint density at radius 1 is 1.50 bits per heavy atom. The standard InChI is InChI=1S/C9H11FO2/c1-2-8(11)7-5-6(10)3-4-9(7)12/h3-5,8,11-12H,2H2,1H3. The Kier molecular flexibility index (Phi) is 2.65. The van der Waals surface area contributed by atoms with Crippen LogP contribution in [0.4, 0.5) is 4.39 Å². The first-order chi connectivity index (χ1) is 5.65. The van der Waals surface area contributed by atoms with Crippen LogP contribution in [0.25, 0.3) is 0 Å². The number of halogens is 1. The van der Waals surface area contributed by atoms with E-state index in [0.717, 1.165) is 12.1 Å². The van der Waals surface area contributed by atoms with Gasteiger partial charge in [-0.2, -0.15) is 0 Å². The van der Waals surface area contributed by atoms with Gasteiger partial charge in [-0.3, -0.25) is 0 Å². The molecule has 66 valence electrons. The largest absolute Gasteiger partial charge is 0.508 e. The summed E-state index contributed by atoms with van der Waals surface area (Å²) in [4.78, 5) is 0. The molecule has 1 aromatic carbocycles. The normalized spacial score (nSPS) is 12.9. The first kappa shape index (κ1) is 9.00. The number of benzene rings is 1. The number of hydrogen-bond donors (Lipinski definition) is 2. The van der Waals surface area contributed by atoms with Gasteiger partial charge in [-0.1, -0.05) is 6.92 Å². The lowest BCUT2D eigenvalue weighted by molar-refractivity contribution is 0.169. The molecule has 1 atom stereocenters. The van der Waals surface area contributed by atoms with Gasteiger partial charge in [0.25, 0.3) is 0 Å². The summed E-state index contributed by atoms with van der Waals surface area (Å²) in [7, 11) is 0. The first-order valence-corrected chi connectivity index (χ1v) is 3.81. The predicted octanol–water partition coefficient (Wildman–Crippen LogP) is 1.97. The molecule has 0 aromatic heterocycles. The summed E-state index contributed by atoms with van der Waals surface area (Å²) in [6, 6.07) is 3.54. The molecule has 0 fully saturated rings. The second-order valence-corrected chi connectivity index (χ2v) is 2.63. The van der Waals surface area contributed by atoms with Crippen molar-refractivity contribution in [1.82, 2.24) is 0 Å². The minimum absolute atomic E-state index is 0.0641. The van der Waals surface area contributed by atoms with E-state index in [1.54, 1.807) is 6.92 Å². The Morgan fingerprint density at radius 3 is 2.75 bits per heavy atom. The maximum absolute atomic E-state index is 12.6. The molecule has 0 amide bonds. The topological polar surface area (TPSA) is 40.5 Å². The summed E-state index contributed by atoms with van der Waals surface area (Å²) in [6.45, 7) is 1.76. The lowest BCUT2D eigenvalue weighted by Crippen LogP contribution is -1.96. The number of phenols is 1. The fourth-order valence-corrected chi connectivity index (χ4v) is 1.01. The number of aromatic hydroxyl groups is 1. The Balaban J connectivity index is 3.04. The highest BCUT2D eigenvalue weighted by molar-refractivity contribution is 5.34. The monoisotopic (exact) mass is 170 g/mol. The summed E-state index contributed by atoms with van der Waals surface area (Å²) in [6.07, 6.45) is -0.336. The third kappa shape index (κ3) is 1.74. The molecule has 0 aliphatic carbocycles. The Bertz CT molecular complexity index is 273. The summed E-state index contributed by atoms with van der Waals surface area (Å²) < 4.78 is 12.6. The molecule has 0 bridgehead atoms. The van der Waals surface area contributed by atoms with E-state index in [4.69, 9.17) is 0 Å². The van der Waals surface area contributed by atoms with Gasteiger partial charge in [-0.25, -0.2) is 4.39 Å². The Labute approximate surface area is 70.3 Å². The van der Waals surface area contributed by atoms with Gasteiger partial charge in [0.1, 0.15) is 11.6 Å². The molecule has 1 rings (SSSR count). The van der Waals surface area contributed by atoms with Gasteiger partial charge in [0.05, 0.1) is 6.10 Å². The van der Waals surface area contributed by atoms with Crippen molar-refractivity contribution < 1.29 is 14.6 Å². The average molecular weight is 170 g/mol. The molecule has 0 saturated carbocycles. The zero-order valence-electron chi connectivity index (χ0n) is 6.79. The van der Waals surface area contributed by atoms with Crippen molar-refractivity contribution in [3.63, 3.8) is 0 Å². The lowest BCUT2D eigenvalue weighted by atomic mass is 10.1. The van der Waals surface area contributed by atoms with Crippen molar-refractivity contribution in [2.75, 3.05) is 0 Å². The number of aliphatic hydroxyl groups excluding tert-OH is 1. The van der Waals surface area contributed by atoms with Crippen LogP contribution in [0.3, 0.4) is 0 Å². The van der Waals surface area contributed by atoms with Crippen molar-refractivity contribution >= 4 is 0 Å². The molecule has 0 aliphatic rings. The zero-order valence-corrected chi connectivity index (χ0v) is 6.79. The minimum atomic E-state index is -0.791. The van der Waals surface area contributed by atoms with Gasteiger partial charge >= 0.3 is 0 Å². The van der Waals surface area contributed by atoms with E-state index in [-0.39, 0.29) is 11.3 Å². The van der Waals surface area contributed by atoms with E-state index >= 15 is 0 Å². The van der Waals surface area contributed by atoms with Crippen molar-refractivity contribution in [1.29, 1.82) is 0 Å². The second kappa shape index (κ2) is 3.54. The highest BCUT2D eigenvalue weighted by Gasteiger charge is 2.10. The van der Waals surface area contributed by atoms with Gasteiger partial charge in [0.2, 0.25) is 0 Å². The molecule has 1 aromatic rings. The molecule has 3 heteroatoms. The molecule has 12 heavy (non-hydrogen) atoms. The van der Waals surface area contributed by atoms with Crippen LogP contribution in [0.2, 0.25) is 0 Å². The molecular weight excluding hydrogens is 159 g/mol. The SMILES string of the molecule is CCC(O)c1cc(F)ccc1O. The molecule has 0 saturated heterocycles. The predicted molar refractivity (Wildman–Crippen MR) is 43.3 cm³/mol. The molecule has 1 unspecified atom stereocenters. The van der Waals surface area contributed by atoms with Crippen LogP contribution in [0.1, 0.15) is 25.0 Å². The van der Waals surface area contributed by atoms with Gasteiger partial charge in [-0.15, -0.1) is 0 Å². The summed E-state index contributed by atoms with van der Waals surface area (Å²) >= 11 is 0. The van der Waals surface area contributed by atoms with Gasteiger partial charge in [-0.05, 0) is 24.6 Å². The Hall–Kier alpha value is -1.09. The summed E-state index contributed by atoms with van der Waals surface area (Å²) in [5.74, 6) is -0.513. The average Bonchev–Trinajstić information content (AvgIpc) is 2.08. The van der Waals surface area contributed by atoms with Crippen LogP contribution in [0, 0.1) is 5.82 Å². The molecular formula is C9H11FO2. The van der Waals surface area contributed by atoms with Crippen molar-refractivity contribution in [2.45, 2.75) is 19.4 Å². The van der Waals surface area contributed by atoms with E-state index < -0.39 is 11.9 Å². The van der Waals surface area contributed by atoms with Crippen LogP contribution in [-0.2, 0) is 0 Å². The number of rotatable bonds is 2. The maximum Gasteiger partial charge on any atom is 0.123 e. The van der Waals surface area contributed by atoms with Crippen molar-refractivity contribution in [2.24, 2.45) is 0 Å². The molecule has 0 heterocycles. The molecule has 2 N–H and O–H groups in total. The van der Waals surface area contributed by atoms with E-state index in [1.807, 2.05) is 0 Å². The minimum Gasteiger partial charge on any atom is -0.508 e. The molecule has 0 radical (unpaired) electrons. The van der Waals surface area contributed by atoms with Gasteiger partial charge < -0.3 is 10.2 Å². The lowest BCUT2D eigenvalue weighted by Gasteiger charge is -2.09. The third-order valence-corrected chi connectivity index (χ3v) is 1.74. The molecule has 0 aliphatic heterocycles. The summed E-state index contributed by atoms with van der Waals surface area (Å²) in [5, 5.41) is 18.5. The fraction of sp³-hybridized carbons (Fsp3) is 0.333. The van der Waals surface area contributed by atoms with E-state index in [1.165, 1.54) is 6.07 Å². The van der Waals surface area contributed by atoms with Crippen LogP contribution < -0.4 is 0 Å². The van der Waals surface area contributed by atoms with E-state index in [9.17, 15) is 14.6 Å². The van der Waals surface area contributed by atoms with Crippen LogP contribution >= 0.6 is 0 Å². The van der Waals surface area contributed by atoms with Crippen LogP contribution in [-0.4, -0.2) is 10.2 Å². The molecule has 2 nitrogen and oxygen atoms in total. The number of hydrogen-bond acceptors (Lipinski definition) is 2. The number of aliphatic hydroxyl groups is 1.